The molecule has 0 radical (unpaired) electrons. The lowest BCUT2D eigenvalue weighted by Crippen LogP contribution is -2.65. The average molecular weight is 797 g/mol. The molecule has 1 aromatic heterocycles. The monoisotopic (exact) mass is 796 g/mol. The van der Waals surface area contributed by atoms with Crippen LogP contribution >= 0.6 is 0 Å². The normalized spacial score (nSPS) is 36.5. The third-order valence-electron chi connectivity index (χ3n) is 17.1. The number of alkyl halides is 3. The number of aromatic nitrogens is 2. The minimum absolute atomic E-state index is 0.0172. The van der Waals surface area contributed by atoms with E-state index in [9.17, 15) is 26.4 Å². The molecule has 1 saturated heterocycles. The number of rotatable bonds is 6. The van der Waals surface area contributed by atoms with Crippen LogP contribution in [0.4, 0.5) is 13.2 Å². The highest BCUT2D eigenvalue weighted by Crippen LogP contribution is 2.75. The number of fused-ring (bicyclic) bond motifs is 8. The van der Waals surface area contributed by atoms with Crippen LogP contribution in [0.3, 0.4) is 0 Å². The maximum Gasteiger partial charge on any atom is 0.416 e. The summed E-state index contributed by atoms with van der Waals surface area (Å²) in [5.41, 5.74) is 1.45. The van der Waals surface area contributed by atoms with Gasteiger partial charge in [0.2, 0.25) is 5.91 Å². The van der Waals surface area contributed by atoms with Crippen molar-refractivity contribution < 1.29 is 26.4 Å². The van der Waals surface area contributed by atoms with Gasteiger partial charge in [-0.05, 0) is 153 Å². The summed E-state index contributed by atoms with van der Waals surface area (Å²) in [6.07, 6.45) is 12.0. The van der Waals surface area contributed by atoms with Crippen molar-refractivity contribution in [2.75, 3.05) is 26.2 Å². The third kappa shape index (κ3) is 5.99. The molecule has 6 aliphatic rings. The molecular weight excluding hydrogens is 734 g/mol. The molecule has 5 aliphatic carbocycles. The minimum Gasteiger partial charge on any atom is -0.354 e. The highest BCUT2D eigenvalue weighted by Gasteiger charge is 2.69. The maximum atomic E-state index is 14.5. The molecule has 0 spiro atoms. The van der Waals surface area contributed by atoms with E-state index >= 15 is 0 Å². The molecule has 8 rings (SSSR count). The predicted molar refractivity (Wildman–Crippen MR) is 212 cm³/mol. The lowest BCUT2D eigenvalue weighted by atomic mass is 9.33. The fourth-order valence-electron chi connectivity index (χ4n) is 13.8. The number of likely N-dealkylation sites (tertiary alicyclic amines) is 1. The number of nitrogens with one attached hydrogen (secondary N) is 1. The summed E-state index contributed by atoms with van der Waals surface area (Å²) in [6, 6.07) is 3.67. The van der Waals surface area contributed by atoms with Crippen LogP contribution in [-0.4, -0.2) is 54.6 Å². The quantitative estimate of drug-likeness (QED) is 0.295. The second kappa shape index (κ2) is 13.2. The standard InChI is InChI=1S/C45H63F3N4O3S/c1-39(2)19-21-44(38(53)49-23-26-51-24-9-8-10-25-51)22-20-42(6)33(34(44)28-39)15-16-36-41(5)27-30-29-52(50-37(30)40(3,4)35(41)17-18-43(36,42)7)56(54,55)32-13-11-31(12-14-32)45(46,47)48/h11-15,29,34-36H,8-10,16-28H2,1-7H3,(H,49,53)/t34-,35-,36+,41-,42+,43+,44-/m0/s1. The minimum atomic E-state index is -4.56. The maximum absolute atomic E-state index is 14.5. The first-order valence-electron chi connectivity index (χ1n) is 21.3. The number of nitrogens with zero attached hydrogens (tertiary/aromatic N) is 3. The average Bonchev–Trinajstić information content (AvgIpc) is 3.57. The number of carbonyl (C=O) groups is 1. The van der Waals surface area contributed by atoms with Crippen LogP contribution in [0.25, 0.3) is 0 Å². The number of amides is 1. The summed E-state index contributed by atoms with van der Waals surface area (Å²) < 4.78 is 68.5. The van der Waals surface area contributed by atoms with E-state index < -0.39 is 27.2 Å². The molecule has 11 heteroatoms. The number of benzene rings is 1. The number of hydrogen-bond donors (Lipinski definition) is 1. The summed E-state index contributed by atoms with van der Waals surface area (Å²) in [4.78, 5) is 16.8. The van der Waals surface area contributed by atoms with Gasteiger partial charge in [0.15, 0.2) is 0 Å². The lowest BCUT2D eigenvalue weighted by Gasteiger charge is -2.70. The molecule has 0 unspecified atom stereocenters. The Bertz CT molecular complexity index is 2010. The van der Waals surface area contributed by atoms with Gasteiger partial charge in [0.1, 0.15) is 0 Å². The largest absolute Gasteiger partial charge is 0.416 e. The zero-order valence-electron chi connectivity index (χ0n) is 34.6. The van der Waals surface area contributed by atoms with Crippen molar-refractivity contribution in [2.45, 2.75) is 142 Å². The molecule has 2 heterocycles. The van der Waals surface area contributed by atoms with Crippen molar-refractivity contribution in [1.82, 2.24) is 19.4 Å². The van der Waals surface area contributed by atoms with Crippen molar-refractivity contribution in [1.29, 1.82) is 0 Å². The van der Waals surface area contributed by atoms with E-state index in [0.29, 0.717) is 18.9 Å². The van der Waals surface area contributed by atoms with E-state index in [1.54, 1.807) is 6.20 Å². The smallest absolute Gasteiger partial charge is 0.354 e. The van der Waals surface area contributed by atoms with E-state index in [1.165, 1.54) is 24.8 Å². The van der Waals surface area contributed by atoms with Gasteiger partial charge in [-0.3, -0.25) is 4.79 Å². The van der Waals surface area contributed by atoms with Gasteiger partial charge in [0.05, 0.1) is 21.6 Å². The summed E-state index contributed by atoms with van der Waals surface area (Å²) in [5, 5.41) is 8.21. The molecule has 1 N–H and O–H groups in total. The number of carbonyl (C=O) groups excluding carboxylic acids is 1. The van der Waals surface area contributed by atoms with Gasteiger partial charge in [-0.25, -0.2) is 0 Å². The van der Waals surface area contributed by atoms with Gasteiger partial charge < -0.3 is 10.2 Å². The lowest BCUT2D eigenvalue weighted by molar-refractivity contribution is -0.167. The van der Waals surface area contributed by atoms with Gasteiger partial charge in [-0.15, -0.1) is 0 Å². The van der Waals surface area contributed by atoms with Crippen LogP contribution in [0.15, 0.2) is 47.0 Å². The number of allylic oxidation sites excluding steroid dienone is 2. The van der Waals surface area contributed by atoms with Gasteiger partial charge >= 0.3 is 6.18 Å². The van der Waals surface area contributed by atoms with Crippen molar-refractivity contribution in [3.8, 4) is 0 Å². The molecule has 7 nitrogen and oxygen atoms in total. The molecule has 4 fully saturated rings. The predicted octanol–water partition coefficient (Wildman–Crippen LogP) is 9.56. The van der Waals surface area contributed by atoms with Gasteiger partial charge in [-0.1, -0.05) is 66.5 Å². The van der Waals surface area contributed by atoms with Gasteiger partial charge in [0, 0.05) is 24.7 Å². The molecule has 2 aromatic rings. The Morgan fingerprint density at radius 1 is 0.911 bits per heavy atom. The Kier molecular flexibility index (Phi) is 9.44. The Balaban J connectivity index is 1.10. The molecule has 3 saturated carbocycles. The first kappa shape index (κ1) is 40.1. The Morgan fingerprint density at radius 2 is 1.59 bits per heavy atom. The topological polar surface area (TPSA) is 84.3 Å². The van der Waals surface area contributed by atoms with E-state index in [-0.39, 0.29) is 49.7 Å². The summed E-state index contributed by atoms with van der Waals surface area (Å²) >= 11 is 0. The van der Waals surface area contributed by atoms with Gasteiger partial charge in [-0.2, -0.15) is 30.8 Å². The van der Waals surface area contributed by atoms with E-state index in [1.807, 2.05) is 0 Å². The molecule has 1 amide bonds. The molecule has 1 aromatic carbocycles. The molecule has 56 heavy (non-hydrogen) atoms. The van der Waals surface area contributed by atoms with Crippen LogP contribution in [0, 0.1) is 44.8 Å². The first-order chi connectivity index (χ1) is 26.1. The molecular formula is C45H63F3N4O3S. The van der Waals surface area contributed by atoms with Crippen LogP contribution in [0.2, 0.25) is 0 Å². The number of halogens is 3. The van der Waals surface area contributed by atoms with Crippen LogP contribution < -0.4 is 5.32 Å². The van der Waals surface area contributed by atoms with E-state index in [4.69, 9.17) is 5.10 Å². The SMILES string of the molecule is CC1(C)CC[C@]2(C(=O)NCCN3CCCCC3)CC[C@]3(C)C(=CC[C@@H]4[C@@]5(C)Cc6cn(S(=O)(=O)c7ccc(C(F)(F)F)cc7)nc6C(C)(C)[C@@H]5CC[C@]43C)[C@@H]2C1. The highest BCUT2D eigenvalue weighted by molar-refractivity contribution is 7.89. The molecule has 308 valence electrons. The summed E-state index contributed by atoms with van der Waals surface area (Å²) in [6.45, 7) is 20.6. The number of hydrogen-bond acceptors (Lipinski definition) is 5. The summed E-state index contributed by atoms with van der Waals surface area (Å²) in [5.74, 6) is 1.09. The number of piperidine rings is 1. The van der Waals surface area contributed by atoms with Crippen LogP contribution in [0.5, 0.6) is 0 Å². The highest BCUT2D eigenvalue weighted by atomic mass is 32.2. The van der Waals surface area contributed by atoms with E-state index in [2.05, 4.69) is 64.8 Å². The van der Waals surface area contributed by atoms with Crippen LogP contribution in [-0.2, 0) is 32.8 Å². The van der Waals surface area contributed by atoms with Crippen molar-refractivity contribution in [2.24, 2.45) is 44.8 Å². The van der Waals surface area contributed by atoms with Crippen molar-refractivity contribution >= 4 is 15.9 Å². The second-order valence-corrected chi connectivity index (χ2v) is 22.6. The van der Waals surface area contributed by atoms with Gasteiger partial charge in [0.25, 0.3) is 10.0 Å². The third-order valence-corrected chi connectivity index (χ3v) is 18.6. The molecule has 0 bridgehead atoms. The zero-order chi connectivity index (χ0) is 40.3. The Hall–Kier alpha value is -2.66. The molecule has 7 atom stereocenters. The Morgan fingerprint density at radius 3 is 2.27 bits per heavy atom. The molecule has 1 aliphatic heterocycles. The first-order valence-corrected chi connectivity index (χ1v) is 22.8. The second-order valence-electron chi connectivity index (χ2n) is 20.8. The van der Waals surface area contributed by atoms with Crippen molar-refractivity contribution in [3.63, 3.8) is 0 Å². The summed E-state index contributed by atoms with van der Waals surface area (Å²) in [7, 11) is -4.21. The van der Waals surface area contributed by atoms with Crippen LogP contribution in [0.1, 0.15) is 136 Å². The fraction of sp³-hybridized carbons (Fsp3) is 0.733. The van der Waals surface area contributed by atoms with Crippen molar-refractivity contribution in [3.05, 3.63) is 58.9 Å². The zero-order valence-corrected chi connectivity index (χ0v) is 35.4. The van der Waals surface area contributed by atoms with E-state index in [0.717, 1.165) is 111 Å². The Labute approximate surface area is 332 Å². The fourth-order valence-corrected chi connectivity index (χ4v) is 15.0.